The molecule has 0 bridgehead atoms. The number of hydrogen-bond donors (Lipinski definition) is 2. The van der Waals surface area contributed by atoms with E-state index >= 15 is 0 Å². The van der Waals surface area contributed by atoms with Crippen molar-refractivity contribution in [1.82, 2.24) is 14.9 Å². The summed E-state index contributed by atoms with van der Waals surface area (Å²) in [6.45, 7) is 4.10. The van der Waals surface area contributed by atoms with Crippen LogP contribution in [0.4, 0.5) is 32.1 Å². The van der Waals surface area contributed by atoms with Crippen molar-refractivity contribution >= 4 is 69.7 Å². The fourth-order valence-corrected chi connectivity index (χ4v) is 5.42. The molecule has 0 aliphatic carbocycles. The second-order valence-corrected chi connectivity index (χ2v) is 9.69. The fourth-order valence-electron chi connectivity index (χ4n) is 4.43. The van der Waals surface area contributed by atoms with E-state index in [4.69, 9.17) is 12.6 Å². The van der Waals surface area contributed by atoms with E-state index in [2.05, 4.69) is 25.5 Å². The Morgan fingerprint density at radius 2 is 1.95 bits per heavy atom. The van der Waals surface area contributed by atoms with Gasteiger partial charge in [-0.25, -0.2) is 24.1 Å². The number of anilines is 4. The van der Waals surface area contributed by atoms with Gasteiger partial charge in [-0.3, -0.25) is 9.69 Å². The summed E-state index contributed by atoms with van der Waals surface area (Å²) in [5.41, 5.74) is 2.37. The zero-order valence-corrected chi connectivity index (χ0v) is 20.3. The number of carbonyl (C=O) groups is 2. The molecule has 2 aromatic heterocycles. The first-order valence-electron chi connectivity index (χ1n) is 11.6. The normalized spacial score (nSPS) is 15.6. The smallest absolute Gasteiger partial charge is 0.332 e. The molecule has 0 saturated carbocycles. The first-order chi connectivity index (χ1) is 18.0. The lowest BCUT2D eigenvalue weighted by Crippen LogP contribution is -2.35. The first kappa shape index (κ1) is 23.5. The molecular weight excluding hydrogens is 494 g/mol. The summed E-state index contributed by atoms with van der Waals surface area (Å²) in [4.78, 5) is 39.4. The molecule has 4 heterocycles. The van der Waals surface area contributed by atoms with Crippen LogP contribution in [0.3, 0.4) is 0 Å². The Labute approximate surface area is 216 Å². The van der Waals surface area contributed by atoms with E-state index in [9.17, 15) is 14.0 Å². The zero-order valence-electron chi connectivity index (χ0n) is 19.5. The molecule has 0 spiro atoms. The third kappa shape index (κ3) is 4.43. The molecule has 2 aliphatic heterocycles. The highest BCUT2D eigenvalue weighted by Crippen LogP contribution is 2.44. The van der Waals surface area contributed by atoms with Crippen LogP contribution in [0.5, 0.6) is 0 Å². The number of urea groups is 1. The van der Waals surface area contributed by atoms with Gasteiger partial charge in [0.25, 0.3) is 5.91 Å². The monoisotopic (exact) mass is 514 g/mol. The summed E-state index contributed by atoms with van der Waals surface area (Å²) in [6.07, 6.45) is 1.32. The molecule has 12 heteroatoms. The third-order valence-corrected chi connectivity index (χ3v) is 7.38. The fraction of sp³-hybridized carbons (Fsp3) is 0.200. The number of thiophene rings is 1. The molecule has 1 fully saturated rings. The molecule has 9 nitrogen and oxygen atoms in total. The summed E-state index contributed by atoms with van der Waals surface area (Å²) >= 11 is 1.15. The minimum atomic E-state index is -0.585. The van der Waals surface area contributed by atoms with Crippen LogP contribution in [0.1, 0.15) is 15.2 Å². The van der Waals surface area contributed by atoms with Crippen LogP contribution >= 0.6 is 11.3 Å². The van der Waals surface area contributed by atoms with Crippen molar-refractivity contribution in [2.45, 2.75) is 6.54 Å². The maximum atomic E-state index is 13.7. The average molecular weight is 514 g/mol. The van der Waals surface area contributed by atoms with Gasteiger partial charge in [-0.05, 0) is 35.9 Å². The Balaban J connectivity index is 1.27. The lowest BCUT2D eigenvalue weighted by molar-refractivity contribution is 0.0342. The number of nitrogens with zero attached hydrogens (tertiary/aromatic N) is 4. The maximum Gasteiger partial charge on any atom is 0.332 e. The lowest BCUT2D eigenvalue weighted by Gasteiger charge is -2.27. The number of rotatable bonds is 5. The van der Waals surface area contributed by atoms with Crippen molar-refractivity contribution in [2.24, 2.45) is 0 Å². The van der Waals surface area contributed by atoms with Crippen molar-refractivity contribution in [2.75, 3.05) is 41.8 Å². The number of morpholine rings is 1. The van der Waals surface area contributed by atoms with Gasteiger partial charge in [0.15, 0.2) is 5.82 Å². The van der Waals surface area contributed by atoms with Crippen LogP contribution in [0.25, 0.3) is 10.2 Å². The van der Waals surface area contributed by atoms with Gasteiger partial charge in [-0.1, -0.05) is 17.6 Å². The molecule has 184 valence electrons. The molecule has 0 atom stereocenters. The molecule has 2 aromatic carbocycles. The van der Waals surface area contributed by atoms with Crippen molar-refractivity contribution in [3.63, 3.8) is 0 Å². The molecular formula is C25H20BFN6O3S. The molecule has 1 saturated heterocycles. The zero-order chi connectivity index (χ0) is 25.5. The van der Waals surface area contributed by atoms with Crippen LogP contribution in [-0.2, 0) is 11.3 Å². The van der Waals surface area contributed by atoms with Gasteiger partial charge in [0.1, 0.15) is 29.7 Å². The standard InChI is InChI=1S/C25H20BFN6O3S/c26-17-11-16(5-6-18(17)27)33-22-19-20(31-25(33)35)21(37-24(19)29-13-28-22)23(34)30-15-3-1-14(2-4-15)12-32-7-9-36-10-8-32/h1-6,11,13H,7-10,12H2,(H,30,34)(H,31,35). The number of hydrogen-bond acceptors (Lipinski definition) is 7. The SMILES string of the molecule is [B]c1cc(N2C(=O)Nc3c(C(=O)Nc4ccc(CN5CCOCC5)cc4)sc4ncnc2c34)ccc1F. The first-order valence-corrected chi connectivity index (χ1v) is 12.4. The molecule has 4 aromatic rings. The van der Waals surface area contributed by atoms with Crippen LogP contribution in [0, 0.1) is 5.82 Å². The maximum absolute atomic E-state index is 13.7. The number of amides is 3. The van der Waals surface area contributed by atoms with Gasteiger partial charge >= 0.3 is 6.03 Å². The minimum Gasteiger partial charge on any atom is -0.379 e. The van der Waals surface area contributed by atoms with E-state index in [1.54, 1.807) is 0 Å². The highest BCUT2D eigenvalue weighted by Gasteiger charge is 2.34. The Bertz CT molecular complexity index is 1520. The van der Waals surface area contributed by atoms with Gasteiger partial charge in [0, 0.05) is 25.3 Å². The second kappa shape index (κ2) is 9.54. The lowest BCUT2D eigenvalue weighted by atomic mass is 9.95. The van der Waals surface area contributed by atoms with E-state index in [0.29, 0.717) is 32.2 Å². The topological polar surface area (TPSA) is 99.7 Å². The van der Waals surface area contributed by atoms with Gasteiger partial charge < -0.3 is 15.4 Å². The van der Waals surface area contributed by atoms with Crippen molar-refractivity contribution in [1.29, 1.82) is 0 Å². The van der Waals surface area contributed by atoms with Gasteiger partial charge in [0.2, 0.25) is 0 Å². The van der Waals surface area contributed by atoms with Crippen molar-refractivity contribution < 1.29 is 18.7 Å². The molecule has 3 amide bonds. The minimum absolute atomic E-state index is 0.0947. The summed E-state index contributed by atoms with van der Waals surface area (Å²) < 4.78 is 19.1. The number of nitrogens with one attached hydrogen (secondary N) is 2. The summed E-state index contributed by atoms with van der Waals surface area (Å²) in [5, 5.41) is 6.22. The molecule has 0 unspecified atom stereocenters. The van der Waals surface area contributed by atoms with Gasteiger partial charge in [0.05, 0.1) is 30.0 Å². The predicted molar refractivity (Wildman–Crippen MR) is 141 cm³/mol. The van der Waals surface area contributed by atoms with Crippen LogP contribution in [0.15, 0.2) is 48.8 Å². The Morgan fingerprint density at radius 1 is 1.16 bits per heavy atom. The van der Waals surface area contributed by atoms with E-state index in [-0.39, 0.29) is 17.2 Å². The number of halogens is 1. The van der Waals surface area contributed by atoms with Crippen molar-refractivity contribution in [3.8, 4) is 0 Å². The molecule has 6 rings (SSSR count). The molecule has 37 heavy (non-hydrogen) atoms. The molecule has 2 N–H and O–H groups in total. The van der Waals surface area contributed by atoms with E-state index in [1.807, 2.05) is 24.3 Å². The highest BCUT2D eigenvalue weighted by molar-refractivity contribution is 7.21. The summed E-state index contributed by atoms with van der Waals surface area (Å²) in [5.74, 6) is -0.666. The number of carbonyl (C=O) groups excluding carboxylic acids is 2. The largest absolute Gasteiger partial charge is 0.379 e. The van der Waals surface area contributed by atoms with Crippen LogP contribution < -0.4 is 21.0 Å². The third-order valence-electron chi connectivity index (χ3n) is 6.28. The van der Waals surface area contributed by atoms with E-state index in [0.717, 1.165) is 49.7 Å². The number of benzene rings is 2. The van der Waals surface area contributed by atoms with Gasteiger partial charge in [-0.2, -0.15) is 0 Å². The second-order valence-electron chi connectivity index (χ2n) is 8.69. The molecule has 2 aliphatic rings. The van der Waals surface area contributed by atoms with E-state index in [1.165, 1.54) is 29.4 Å². The number of aromatic nitrogens is 2. The highest BCUT2D eigenvalue weighted by atomic mass is 32.1. The van der Waals surface area contributed by atoms with Crippen molar-refractivity contribution in [3.05, 3.63) is 65.0 Å². The van der Waals surface area contributed by atoms with Crippen LogP contribution in [0.2, 0.25) is 0 Å². The van der Waals surface area contributed by atoms with Gasteiger partial charge in [-0.15, -0.1) is 11.3 Å². The number of ether oxygens (including phenoxy) is 1. The Kier molecular flexibility index (Phi) is 6.07. The van der Waals surface area contributed by atoms with Crippen LogP contribution in [-0.4, -0.2) is 61.0 Å². The predicted octanol–water partition coefficient (Wildman–Crippen LogP) is 3.39. The molecule has 2 radical (unpaired) electrons. The van der Waals surface area contributed by atoms with E-state index < -0.39 is 11.8 Å². The Morgan fingerprint density at radius 3 is 2.70 bits per heavy atom. The summed E-state index contributed by atoms with van der Waals surface area (Å²) in [6, 6.07) is 11.1. The summed E-state index contributed by atoms with van der Waals surface area (Å²) in [7, 11) is 5.71. The Hall–Kier alpha value is -3.87. The average Bonchev–Trinajstić information content (AvgIpc) is 3.27. The quantitative estimate of drug-likeness (QED) is 0.397.